The highest BCUT2D eigenvalue weighted by Crippen LogP contribution is 2.40. The molecule has 5 aromatic rings. The minimum Gasteiger partial charge on any atom is -0.359 e. The number of nitrogens with one attached hydrogen (secondary N) is 1. The van der Waals surface area contributed by atoms with Crippen molar-refractivity contribution in [3.63, 3.8) is 0 Å². The van der Waals surface area contributed by atoms with Gasteiger partial charge in [0.1, 0.15) is 0 Å². The third kappa shape index (κ3) is 2.94. The number of para-hydroxylation sites is 2. The summed E-state index contributed by atoms with van der Waals surface area (Å²) in [4.78, 5) is 0. The minimum absolute atomic E-state index is 0.161. The lowest BCUT2D eigenvalue weighted by Crippen LogP contribution is -2.25. The van der Waals surface area contributed by atoms with Crippen molar-refractivity contribution in [1.82, 2.24) is 19.6 Å². The van der Waals surface area contributed by atoms with Gasteiger partial charge in [0, 0.05) is 28.6 Å². The first-order valence-corrected chi connectivity index (χ1v) is 10.4. The number of fused-ring (bicyclic) bond motifs is 3. The number of aryl methyl sites for hydroxylation is 1. The van der Waals surface area contributed by atoms with E-state index in [1.165, 1.54) is 0 Å². The van der Waals surface area contributed by atoms with Gasteiger partial charge < -0.3 is 5.32 Å². The third-order valence-corrected chi connectivity index (χ3v) is 5.70. The Kier molecular flexibility index (Phi) is 3.99. The molecule has 0 fully saturated rings. The maximum atomic E-state index is 5.00. The van der Waals surface area contributed by atoms with Crippen LogP contribution < -0.4 is 5.32 Å². The molecule has 31 heavy (non-hydrogen) atoms. The number of rotatable bonds is 3. The molecular weight excluding hydrogens is 382 g/mol. The lowest BCUT2D eigenvalue weighted by Gasteiger charge is -2.29. The molecule has 0 saturated carbocycles. The predicted octanol–water partition coefficient (Wildman–Crippen LogP) is 5.68. The van der Waals surface area contributed by atoms with Crippen molar-refractivity contribution in [2.24, 2.45) is 0 Å². The maximum Gasteiger partial charge on any atom is 0.151 e. The molecule has 2 aromatic heterocycles. The van der Waals surface area contributed by atoms with E-state index in [0.29, 0.717) is 0 Å². The van der Waals surface area contributed by atoms with Gasteiger partial charge in [-0.1, -0.05) is 66.7 Å². The zero-order valence-electron chi connectivity index (χ0n) is 17.1. The van der Waals surface area contributed by atoms with Crippen LogP contribution >= 0.6 is 0 Å². The summed E-state index contributed by atoms with van der Waals surface area (Å²) >= 11 is 0. The molecule has 0 aliphatic carbocycles. The molecule has 0 unspecified atom stereocenters. The van der Waals surface area contributed by atoms with E-state index in [1.54, 1.807) is 0 Å². The first kappa shape index (κ1) is 17.7. The number of hydrogen-bond donors (Lipinski definition) is 1. The third-order valence-electron chi connectivity index (χ3n) is 5.70. The molecule has 0 saturated heterocycles. The van der Waals surface area contributed by atoms with E-state index in [1.807, 2.05) is 48.0 Å². The minimum atomic E-state index is -0.161. The highest BCUT2D eigenvalue weighted by molar-refractivity contribution is 5.79. The van der Waals surface area contributed by atoms with Crippen molar-refractivity contribution in [2.45, 2.75) is 13.1 Å². The molecule has 0 amide bonds. The second kappa shape index (κ2) is 6.99. The normalized spacial score (nSPS) is 14.5. The molecule has 0 spiro atoms. The van der Waals surface area contributed by atoms with E-state index in [2.05, 4.69) is 70.8 Å². The van der Waals surface area contributed by atoms with Crippen LogP contribution in [-0.4, -0.2) is 19.6 Å². The van der Waals surface area contributed by atoms with E-state index in [4.69, 9.17) is 10.2 Å². The number of hydrogen-bond acceptors (Lipinski definition) is 3. The van der Waals surface area contributed by atoms with Gasteiger partial charge in [0.05, 0.1) is 22.8 Å². The number of aromatic nitrogens is 4. The highest BCUT2D eigenvalue weighted by atomic mass is 15.4. The number of anilines is 1. The molecule has 5 nitrogen and oxygen atoms in total. The van der Waals surface area contributed by atoms with E-state index in [-0.39, 0.29) is 6.17 Å². The summed E-state index contributed by atoms with van der Waals surface area (Å²) in [6, 6.07) is 31.1. The quantitative estimate of drug-likeness (QED) is 0.421. The Morgan fingerprint density at radius 3 is 2.32 bits per heavy atom. The van der Waals surface area contributed by atoms with Crippen molar-refractivity contribution >= 4 is 5.69 Å². The van der Waals surface area contributed by atoms with Gasteiger partial charge >= 0.3 is 0 Å². The summed E-state index contributed by atoms with van der Waals surface area (Å²) in [6.45, 7) is 2.04. The molecular formula is C26H21N5. The van der Waals surface area contributed by atoms with Crippen molar-refractivity contribution in [3.8, 4) is 28.2 Å². The van der Waals surface area contributed by atoms with Crippen molar-refractivity contribution in [3.05, 3.63) is 108 Å². The fourth-order valence-corrected chi connectivity index (χ4v) is 4.29. The molecule has 0 bridgehead atoms. The van der Waals surface area contributed by atoms with Gasteiger partial charge in [0.15, 0.2) is 6.17 Å². The maximum absolute atomic E-state index is 5.00. The van der Waals surface area contributed by atoms with Gasteiger partial charge in [-0.3, -0.25) is 0 Å². The summed E-state index contributed by atoms with van der Waals surface area (Å²) in [5, 5.41) is 13.5. The lowest BCUT2D eigenvalue weighted by molar-refractivity contribution is 0.572. The first-order valence-electron chi connectivity index (χ1n) is 10.4. The lowest BCUT2D eigenvalue weighted by atomic mass is 10.0. The fourth-order valence-electron chi connectivity index (χ4n) is 4.29. The van der Waals surface area contributed by atoms with Crippen molar-refractivity contribution < 1.29 is 0 Å². The molecule has 0 radical (unpaired) electrons. The Labute approximate surface area is 180 Å². The Bertz CT molecular complexity index is 1370. The van der Waals surface area contributed by atoms with E-state index >= 15 is 0 Å². The molecule has 1 N–H and O–H groups in total. The first-order chi connectivity index (χ1) is 15.3. The molecule has 6 rings (SSSR count). The SMILES string of the molecule is Cc1cc2n(n1)[C@@H](c1cn(-c3ccccc3)nc1-c1ccccc1)Nc1ccccc1-2. The molecule has 1 aliphatic rings. The molecule has 150 valence electrons. The average Bonchev–Trinajstić information content (AvgIpc) is 3.44. The van der Waals surface area contributed by atoms with Gasteiger partial charge in [-0.05, 0) is 31.2 Å². The summed E-state index contributed by atoms with van der Waals surface area (Å²) in [5.41, 5.74) is 8.51. The number of nitrogens with zero attached hydrogens (tertiary/aromatic N) is 4. The summed E-state index contributed by atoms with van der Waals surface area (Å²) in [7, 11) is 0. The molecule has 1 atom stereocenters. The smallest absolute Gasteiger partial charge is 0.151 e. The van der Waals surface area contributed by atoms with Crippen LogP contribution in [0.25, 0.3) is 28.2 Å². The van der Waals surface area contributed by atoms with Crippen LogP contribution in [0.3, 0.4) is 0 Å². The van der Waals surface area contributed by atoms with E-state index in [0.717, 1.165) is 45.1 Å². The van der Waals surface area contributed by atoms with Crippen molar-refractivity contribution in [2.75, 3.05) is 5.32 Å². The largest absolute Gasteiger partial charge is 0.359 e. The van der Waals surface area contributed by atoms with Crippen LogP contribution in [0, 0.1) is 6.92 Å². The van der Waals surface area contributed by atoms with Gasteiger partial charge in [0.25, 0.3) is 0 Å². The molecule has 1 aliphatic heterocycles. The Hall–Kier alpha value is -4.12. The summed E-state index contributed by atoms with van der Waals surface area (Å²) in [5.74, 6) is 0. The Balaban J connectivity index is 1.57. The van der Waals surface area contributed by atoms with Crippen LogP contribution in [0.4, 0.5) is 5.69 Å². The number of benzene rings is 3. The zero-order valence-corrected chi connectivity index (χ0v) is 17.1. The molecule has 3 heterocycles. The van der Waals surface area contributed by atoms with Gasteiger partial charge in [-0.2, -0.15) is 10.2 Å². The monoisotopic (exact) mass is 403 g/mol. The summed E-state index contributed by atoms with van der Waals surface area (Å²) < 4.78 is 4.03. The van der Waals surface area contributed by atoms with Crippen LogP contribution in [0.5, 0.6) is 0 Å². The zero-order chi connectivity index (χ0) is 20.8. The second-order valence-electron chi connectivity index (χ2n) is 7.79. The van der Waals surface area contributed by atoms with E-state index in [9.17, 15) is 0 Å². The van der Waals surface area contributed by atoms with Gasteiger partial charge in [-0.25, -0.2) is 9.36 Å². The van der Waals surface area contributed by atoms with Crippen LogP contribution in [-0.2, 0) is 0 Å². The van der Waals surface area contributed by atoms with Crippen molar-refractivity contribution in [1.29, 1.82) is 0 Å². The van der Waals surface area contributed by atoms with Gasteiger partial charge in [-0.15, -0.1) is 0 Å². The predicted molar refractivity (Wildman–Crippen MR) is 123 cm³/mol. The highest BCUT2D eigenvalue weighted by Gasteiger charge is 2.30. The van der Waals surface area contributed by atoms with Crippen LogP contribution in [0.15, 0.2) is 97.2 Å². The van der Waals surface area contributed by atoms with E-state index < -0.39 is 0 Å². The molecule has 3 aromatic carbocycles. The van der Waals surface area contributed by atoms with Crippen LogP contribution in [0.1, 0.15) is 17.4 Å². The second-order valence-corrected chi connectivity index (χ2v) is 7.79. The fraction of sp³-hybridized carbons (Fsp3) is 0.0769. The summed E-state index contributed by atoms with van der Waals surface area (Å²) in [6.07, 6.45) is 1.95. The molecule has 5 heteroatoms. The standard InChI is InChI=1S/C26H21N5/c1-18-16-24-21-14-8-9-15-23(21)27-26(31(24)28-18)22-17-30(20-12-6-3-7-13-20)29-25(22)19-10-4-2-5-11-19/h2-17,26-27H,1H3/t26-/m0/s1. The van der Waals surface area contributed by atoms with Crippen LogP contribution in [0.2, 0.25) is 0 Å². The topological polar surface area (TPSA) is 47.7 Å². The average molecular weight is 403 g/mol. The Morgan fingerprint density at radius 1 is 0.806 bits per heavy atom. The Morgan fingerprint density at radius 2 is 1.52 bits per heavy atom. The van der Waals surface area contributed by atoms with Gasteiger partial charge in [0.2, 0.25) is 0 Å².